The molecule has 2 aromatic heterocycles. The summed E-state index contributed by atoms with van der Waals surface area (Å²) >= 11 is 3.44. The van der Waals surface area contributed by atoms with E-state index in [0.717, 1.165) is 16.8 Å². The maximum Gasteiger partial charge on any atom is 0.110 e. The standard InChI is InChI=1S/C10H11BrN2/c1-7-3-4-13-8(2)12-9(6-11)10(13)5-7/h3-5H,6H2,1-2H3. The average molecular weight is 239 g/mol. The van der Waals surface area contributed by atoms with Crippen LogP contribution in [0.25, 0.3) is 5.52 Å². The number of nitrogens with zero attached hydrogens (tertiary/aromatic N) is 2. The van der Waals surface area contributed by atoms with Gasteiger partial charge in [0, 0.05) is 11.5 Å². The molecule has 0 N–H and O–H groups in total. The first-order valence-corrected chi connectivity index (χ1v) is 5.34. The fraction of sp³-hybridized carbons (Fsp3) is 0.300. The average Bonchev–Trinajstić information content (AvgIpc) is 2.42. The van der Waals surface area contributed by atoms with Gasteiger partial charge in [0.25, 0.3) is 0 Å². The zero-order valence-corrected chi connectivity index (χ0v) is 9.30. The van der Waals surface area contributed by atoms with Gasteiger partial charge in [-0.3, -0.25) is 0 Å². The minimum atomic E-state index is 0.813. The second kappa shape index (κ2) is 3.14. The van der Waals surface area contributed by atoms with Gasteiger partial charge in [0.2, 0.25) is 0 Å². The molecule has 0 atom stereocenters. The van der Waals surface area contributed by atoms with Crippen LogP contribution in [0.15, 0.2) is 18.3 Å². The summed E-state index contributed by atoms with van der Waals surface area (Å²) in [6.45, 7) is 4.12. The summed E-state index contributed by atoms with van der Waals surface area (Å²) in [5, 5.41) is 0.813. The van der Waals surface area contributed by atoms with E-state index in [1.165, 1.54) is 11.1 Å². The maximum absolute atomic E-state index is 4.47. The molecule has 0 bridgehead atoms. The van der Waals surface area contributed by atoms with Crippen LogP contribution in [0.1, 0.15) is 17.1 Å². The number of rotatable bonds is 1. The monoisotopic (exact) mass is 238 g/mol. The normalized spacial score (nSPS) is 11.0. The van der Waals surface area contributed by atoms with Gasteiger partial charge in [-0.2, -0.15) is 0 Å². The van der Waals surface area contributed by atoms with Crippen LogP contribution in [-0.4, -0.2) is 9.38 Å². The topological polar surface area (TPSA) is 17.3 Å². The van der Waals surface area contributed by atoms with Crippen molar-refractivity contribution in [3.63, 3.8) is 0 Å². The van der Waals surface area contributed by atoms with Crippen molar-refractivity contribution in [1.82, 2.24) is 9.38 Å². The van der Waals surface area contributed by atoms with Crippen molar-refractivity contribution in [2.45, 2.75) is 19.2 Å². The molecule has 0 fully saturated rings. The minimum Gasteiger partial charge on any atom is -0.304 e. The highest BCUT2D eigenvalue weighted by molar-refractivity contribution is 9.08. The van der Waals surface area contributed by atoms with E-state index in [-0.39, 0.29) is 0 Å². The molecule has 0 saturated heterocycles. The molecular formula is C10H11BrN2. The third-order valence-corrected chi connectivity index (χ3v) is 2.71. The van der Waals surface area contributed by atoms with Crippen LogP contribution in [0.2, 0.25) is 0 Å². The molecule has 68 valence electrons. The number of imidazole rings is 1. The van der Waals surface area contributed by atoms with Gasteiger partial charge in [-0.1, -0.05) is 15.9 Å². The summed E-state index contributed by atoms with van der Waals surface area (Å²) in [6, 6.07) is 4.26. The minimum absolute atomic E-state index is 0.813. The van der Waals surface area contributed by atoms with E-state index in [1.54, 1.807) is 0 Å². The first-order valence-electron chi connectivity index (χ1n) is 4.22. The SMILES string of the molecule is Cc1ccn2c(C)nc(CBr)c2c1. The molecule has 0 spiro atoms. The van der Waals surface area contributed by atoms with Crippen LogP contribution in [0, 0.1) is 13.8 Å². The Morgan fingerprint density at radius 3 is 2.92 bits per heavy atom. The molecule has 0 aromatic carbocycles. The van der Waals surface area contributed by atoms with E-state index in [1.807, 2.05) is 6.92 Å². The summed E-state index contributed by atoms with van der Waals surface area (Å²) in [7, 11) is 0. The number of pyridine rings is 1. The van der Waals surface area contributed by atoms with Gasteiger partial charge in [0.05, 0.1) is 11.2 Å². The first kappa shape index (κ1) is 8.75. The van der Waals surface area contributed by atoms with Crippen LogP contribution in [0.5, 0.6) is 0 Å². The second-order valence-electron chi connectivity index (χ2n) is 3.20. The van der Waals surface area contributed by atoms with Crippen molar-refractivity contribution in [3.8, 4) is 0 Å². The smallest absolute Gasteiger partial charge is 0.110 e. The van der Waals surface area contributed by atoms with E-state index >= 15 is 0 Å². The van der Waals surface area contributed by atoms with E-state index in [2.05, 4.69) is 50.6 Å². The van der Waals surface area contributed by atoms with E-state index in [0.29, 0.717) is 0 Å². The lowest BCUT2D eigenvalue weighted by atomic mass is 10.2. The number of hydrogen-bond donors (Lipinski definition) is 0. The third kappa shape index (κ3) is 1.37. The Hall–Kier alpha value is -0.830. The van der Waals surface area contributed by atoms with Crippen LogP contribution in [0.4, 0.5) is 0 Å². The fourth-order valence-corrected chi connectivity index (χ4v) is 1.93. The second-order valence-corrected chi connectivity index (χ2v) is 3.76. The molecular weight excluding hydrogens is 228 g/mol. The Bertz CT molecular complexity index is 445. The molecule has 2 heterocycles. The quantitative estimate of drug-likeness (QED) is 0.699. The lowest BCUT2D eigenvalue weighted by Gasteiger charge is -1.97. The van der Waals surface area contributed by atoms with Crippen molar-refractivity contribution in [2.75, 3.05) is 0 Å². The number of aryl methyl sites for hydroxylation is 2. The molecule has 0 aliphatic rings. The van der Waals surface area contributed by atoms with Crippen molar-refractivity contribution in [1.29, 1.82) is 0 Å². The molecule has 0 amide bonds. The van der Waals surface area contributed by atoms with Gasteiger partial charge >= 0.3 is 0 Å². The summed E-state index contributed by atoms with van der Waals surface area (Å²) < 4.78 is 2.11. The van der Waals surface area contributed by atoms with Gasteiger partial charge < -0.3 is 4.40 Å². The molecule has 0 radical (unpaired) electrons. The molecule has 0 aliphatic carbocycles. The molecule has 0 aliphatic heterocycles. The fourth-order valence-electron chi connectivity index (χ4n) is 1.52. The predicted molar refractivity (Wildman–Crippen MR) is 57.3 cm³/mol. The number of fused-ring (bicyclic) bond motifs is 1. The zero-order chi connectivity index (χ0) is 9.42. The summed E-state index contributed by atoms with van der Waals surface area (Å²) in [5.74, 6) is 1.05. The first-order chi connectivity index (χ1) is 6.22. The molecule has 0 unspecified atom stereocenters. The Balaban J connectivity index is 2.81. The van der Waals surface area contributed by atoms with Gasteiger partial charge in [0.15, 0.2) is 0 Å². The van der Waals surface area contributed by atoms with Gasteiger partial charge in [-0.05, 0) is 31.5 Å². The van der Waals surface area contributed by atoms with E-state index < -0.39 is 0 Å². The Morgan fingerprint density at radius 1 is 1.46 bits per heavy atom. The molecule has 0 saturated carbocycles. The summed E-state index contributed by atoms with van der Waals surface area (Å²) in [6.07, 6.45) is 2.07. The highest BCUT2D eigenvalue weighted by Gasteiger charge is 2.05. The van der Waals surface area contributed by atoms with E-state index in [9.17, 15) is 0 Å². The number of aromatic nitrogens is 2. The van der Waals surface area contributed by atoms with Gasteiger partial charge in [-0.15, -0.1) is 0 Å². The van der Waals surface area contributed by atoms with Crippen molar-refractivity contribution >= 4 is 21.4 Å². The molecule has 2 rings (SSSR count). The molecule has 13 heavy (non-hydrogen) atoms. The van der Waals surface area contributed by atoms with Crippen molar-refractivity contribution in [2.24, 2.45) is 0 Å². The summed E-state index contributed by atoms with van der Waals surface area (Å²) in [5.41, 5.74) is 3.59. The largest absolute Gasteiger partial charge is 0.304 e. The Labute approximate surface area is 85.7 Å². The number of halogens is 1. The lowest BCUT2D eigenvalue weighted by molar-refractivity contribution is 1.03. The van der Waals surface area contributed by atoms with Crippen LogP contribution in [-0.2, 0) is 5.33 Å². The van der Waals surface area contributed by atoms with Gasteiger partial charge in [0.1, 0.15) is 5.82 Å². The summed E-state index contributed by atoms with van der Waals surface area (Å²) in [4.78, 5) is 4.47. The highest BCUT2D eigenvalue weighted by Crippen LogP contribution is 2.16. The van der Waals surface area contributed by atoms with Gasteiger partial charge in [-0.25, -0.2) is 4.98 Å². The Morgan fingerprint density at radius 2 is 2.23 bits per heavy atom. The molecule has 2 aromatic rings. The van der Waals surface area contributed by atoms with Crippen LogP contribution < -0.4 is 0 Å². The zero-order valence-electron chi connectivity index (χ0n) is 7.71. The maximum atomic E-state index is 4.47. The predicted octanol–water partition coefficient (Wildman–Crippen LogP) is 2.85. The Kier molecular flexibility index (Phi) is 2.12. The third-order valence-electron chi connectivity index (χ3n) is 2.18. The van der Waals surface area contributed by atoms with Crippen molar-refractivity contribution in [3.05, 3.63) is 35.4 Å². The molecule has 3 heteroatoms. The van der Waals surface area contributed by atoms with Crippen molar-refractivity contribution < 1.29 is 0 Å². The number of alkyl halides is 1. The van der Waals surface area contributed by atoms with E-state index in [4.69, 9.17) is 0 Å². The number of hydrogen-bond acceptors (Lipinski definition) is 1. The lowest BCUT2D eigenvalue weighted by Crippen LogP contribution is -1.87. The van der Waals surface area contributed by atoms with Crippen LogP contribution >= 0.6 is 15.9 Å². The molecule has 2 nitrogen and oxygen atoms in total. The highest BCUT2D eigenvalue weighted by atomic mass is 79.9. The van der Waals surface area contributed by atoms with Crippen LogP contribution in [0.3, 0.4) is 0 Å².